The fourth-order valence-corrected chi connectivity index (χ4v) is 1.85. The molecule has 0 unspecified atom stereocenters. The Morgan fingerprint density at radius 3 is 2.62 bits per heavy atom. The maximum absolute atomic E-state index is 11.5. The highest BCUT2D eigenvalue weighted by Crippen LogP contribution is 2.11. The fourth-order valence-electron chi connectivity index (χ4n) is 1.14. The average Bonchev–Trinajstić information content (AvgIpc) is 2.16. The largest absolute Gasteiger partial charge is 0.349 e. The summed E-state index contributed by atoms with van der Waals surface area (Å²) in [5.74, 6) is -0.210. The van der Waals surface area contributed by atoms with Crippen molar-refractivity contribution in [2.24, 2.45) is 5.14 Å². The van der Waals surface area contributed by atoms with Gasteiger partial charge < -0.3 is 4.90 Å². The number of primary sulfonamides is 1. The maximum Gasteiger partial charge on any atom is 0.255 e. The highest BCUT2D eigenvalue weighted by Gasteiger charge is 2.17. The quantitative estimate of drug-likeness (QED) is 0.764. The van der Waals surface area contributed by atoms with Crippen LogP contribution in [0.5, 0.6) is 0 Å². The van der Waals surface area contributed by atoms with Gasteiger partial charge in [-0.05, 0) is 6.07 Å². The van der Waals surface area contributed by atoms with E-state index in [1.54, 1.807) is 20.2 Å². The first-order valence-electron chi connectivity index (χ1n) is 4.49. The lowest BCUT2D eigenvalue weighted by Crippen LogP contribution is -2.25. The first-order valence-corrected chi connectivity index (χ1v) is 6.04. The minimum atomic E-state index is -3.89. The van der Waals surface area contributed by atoms with Gasteiger partial charge in [0.2, 0.25) is 5.91 Å². The monoisotopic (exact) mass is 243 g/mol. The number of nitrogens with zero attached hydrogens (tertiary/aromatic N) is 2. The number of amides is 1. The second-order valence-electron chi connectivity index (χ2n) is 3.48. The number of rotatable bonds is 3. The lowest BCUT2D eigenvalue weighted by atomic mass is 10.2. The number of aromatic nitrogens is 1. The van der Waals surface area contributed by atoms with E-state index < -0.39 is 10.0 Å². The Morgan fingerprint density at radius 1 is 1.50 bits per heavy atom. The molecular formula is C9H13N3O3S. The number of carbonyl (C=O) groups excluding carboxylic acids is 1. The van der Waals surface area contributed by atoms with Crippen LogP contribution in [0.3, 0.4) is 0 Å². The Labute approximate surface area is 94.1 Å². The Kier molecular flexibility index (Phi) is 3.61. The van der Waals surface area contributed by atoms with Crippen molar-refractivity contribution in [3.8, 4) is 0 Å². The van der Waals surface area contributed by atoms with Crippen LogP contribution in [0.1, 0.15) is 5.56 Å². The molecule has 6 nitrogen and oxygen atoms in total. The molecule has 1 aromatic rings. The van der Waals surface area contributed by atoms with Crippen LogP contribution in [0.4, 0.5) is 0 Å². The molecule has 0 bridgehead atoms. The molecule has 0 aliphatic carbocycles. The van der Waals surface area contributed by atoms with Crippen molar-refractivity contribution in [2.45, 2.75) is 11.4 Å². The normalized spacial score (nSPS) is 11.2. The van der Waals surface area contributed by atoms with Crippen LogP contribution in [-0.2, 0) is 21.2 Å². The first-order chi connectivity index (χ1) is 7.32. The summed E-state index contributed by atoms with van der Waals surface area (Å²) < 4.78 is 22.4. The average molecular weight is 243 g/mol. The van der Waals surface area contributed by atoms with E-state index in [0.29, 0.717) is 5.56 Å². The predicted molar refractivity (Wildman–Crippen MR) is 58.0 cm³/mol. The molecule has 2 N–H and O–H groups in total. The minimum Gasteiger partial charge on any atom is -0.349 e. The lowest BCUT2D eigenvalue weighted by molar-refractivity contribution is -0.128. The van der Waals surface area contributed by atoms with Crippen molar-refractivity contribution in [1.29, 1.82) is 0 Å². The number of nitrogens with two attached hydrogens (primary N) is 1. The molecule has 0 aliphatic heterocycles. The molecule has 0 aromatic carbocycles. The summed E-state index contributed by atoms with van der Waals surface area (Å²) in [6.45, 7) is 0. The van der Waals surface area contributed by atoms with E-state index in [4.69, 9.17) is 5.14 Å². The zero-order chi connectivity index (χ0) is 12.3. The van der Waals surface area contributed by atoms with Crippen LogP contribution in [0.2, 0.25) is 0 Å². The lowest BCUT2D eigenvalue weighted by Gasteiger charge is -2.11. The second-order valence-corrected chi connectivity index (χ2v) is 4.95. The van der Waals surface area contributed by atoms with Gasteiger partial charge in [0, 0.05) is 25.9 Å². The van der Waals surface area contributed by atoms with Crippen LogP contribution in [0, 0.1) is 0 Å². The van der Waals surface area contributed by atoms with Gasteiger partial charge in [-0.2, -0.15) is 0 Å². The van der Waals surface area contributed by atoms with E-state index in [2.05, 4.69) is 4.98 Å². The van der Waals surface area contributed by atoms with E-state index in [9.17, 15) is 13.2 Å². The number of carbonyl (C=O) groups is 1. The molecule has 0 aliphatic rings. The molecule has 0 radical (unpaired) electrons. The van der Waals surface area contributed by atoms with E-state index in [0.717, 1.165) is 0 Å². The zero-order valence-electron chi connectivity index (χ0n) is 9.04. The van der Waals surface area contributed by atoms with E-state index in [1.807, 2.05) is 0 Å². The highest BCUT2D eigenvalue weighted by atomic mass is 32.2. The Bertz CT molecular complexity index is 496. The summed E-state index contributed by atoms with van der Waals surface area (Å²) in [5.41, 5.74) is 0.309. The topological polar surface area (TPSA) is 93.4 Å². The summed E-state index contributed by atoms with van der Waals surface area (Å²) in [6, 6.07) is 3.08. The zero-order valence-corrected chi connectivity index (χ0v) is 9.86. The van der Waals surface area contributed by atoms with E-state index in [-0.39, 0.29) is 17.4 Å². The van der Waals surface area contributed by atoms with Crippen LogP contribution in [-0.4, -0.2) is 38.3 Å². The van der Waals surface area contributed by atoms with Gasteiger partial charge in [-0.15, -0.1) is 0 Å². The summed E-state index contributed by atoms with van der Waals surface area (Å²) in [6.07, 6.45) is 1.29. The number of hydrogen-bond donors (Lipinski definition) is 1. The van der Waals surface area contributed by atoms with E-state index in [1.165, 1.54) is 17.2 Å². The van der Waals surface area contributed by atoms with E-state index >= 15 is 0 Å². The number of hydrogen-bond acceptors (Lipinski definition) is 4. The van der Waals surface area contributed by atoms with Gasteiger partial charge >= 0.3 is 0 Å². The SMILES string of the molecule is CN(C)C(=O)Cc1cccnc1S(N)(=O)=O. The van der Waals surface area contributed by atoms with Crippen molar-refractivity contribution in [1.82, 2.24) is 9.88 Å². The van der Waals surface area contributed by atoms with Crippen LogP contribution in [0.25, 0.3) is 0 Å². The van der Waals surface area contributed by atoms with Crippen LogP contribution >= 0.6 is 0 Å². The Balaban J connectivity index is 3.11. The summed E-state index contributed by atoms with van der Waals surface area (Å²) in [5, 5.41) is 4.75. The standard InChI is InChI=1S/C9H13N3O3S/c1-12(2)8(13)6-7-4-3-5-11-9(7)16(10,14)15/h3-5H,6H2,1-2H3,(H2,10,14,15). The smallest absolute Gasteiger partial charge is 0.255 e. The first kappa shape index (κ1) is 12.6. The number of likely N-dealkylation sites (N-methyl/N-ethyl adjacent to an activating group) is 1. The molecule has 0 spiro atoms. The van der Waals surface area contributed by atoms with Crippen molar-refractivity contribution in [3.05, 3.63) is 23.9 Å². The number of pyridine rings is 1. The maximum atomic E-state index is 11.5. The minimum absolute atomic E-state index is 0.0351. The van der Waals surface area contributed by atoms with Gasteiger partial charge in [0.15, 0.2) is 5.03 Å². The van der Waals surface area contributed by atoms with Gasteiger partial charge in [0.05, 0.1) is 6.42 Å². The van der Waals surface area contributed by atoms with Crippen molar-refractivity contribution < 1.29 is 13.2 Å². The highest BCUT2D eigenvalue weighted by molar-refractivity contribution is 7.89. The summed E-state index contributed by atoms with van der Waals surface area (Å²) in [4.78, 5) is 16.5. The fraction of sp³-hybridized carbons (Fsp3) is 0.333. The molecule has 0 atom stereocenters. The molecule has 1 aromatic heterocycles. The third kappa shape index (κ3) is 3.01. The van der Waals surface area contributed by atoms with Crippen molar-refractivity contribution >= 4 is 15.9 Å². The summed E-state index contributed by atoms with van der Waals surface area (Å²) in [7, 11) is -0.701. The molecule has 1 heterocycles. The molecule has 16 heavy (non-hydrogen) atoms. The van der Waals surface area contributed by atoms with Crippen molar-refractivity contribution in [2.75, 3.05) is 14.1 Å². The van der Waals surface area contributed by atoms with Gasteiger partial charge in [-0.1, -0.05) is 6.07 Å². The predicted octanol–water partition coefficient (Wildman–Crippen LogP) is -0.640. The van der Waals surface area contributed by atoms with Gasteiger partial charge in [0.1, 0.15) is 0 Å². The van der Waals surface area contributed by atoms with Crippen LogP contribution < -0.4 is 5.14 Å². The molecule has 1 amide bonds. The molecule has 7 heteroatoms. The molecule has 0 fully saturated rings. The van der Waals surface area contributed by atoms with Gasteiger partial charge in [-0.3, -0.25) is 4.79 Å². The summed E-state index contributed by atoms with van der Waals surface area (Å²) >= 11 is 0. The van der Waals surface area contributed by atoms with Crippen LogP contribution in [0.15, 0.2) is 23.4 Å². The Hall–Kier alpha value is -1.47. The third-order valence-electron chi connectivity index (χ3n) is 1.96. The molecule has 0 saturated heterocycles. The van der Waals surface area contributed by atoms with Gasteiger partial charge in [-0.25, -0.2) is 18.5 Å². The number of sulfonamides is 1. The molecule has 88 valence electrons. The third-order valence-corrected chi connectivity index (χ3v) is 2.87. The van der Waals surface area contributed by atoms with Crippen molar-refractivity contribution in [3.63, 3.8) is 0 Å². The second kappa shape index (κ2) is 4.58. The van der Waals surface area contributed by atoms with Gasteiger partial charge in [0.25, 0.3) is 10.0 Å². The Morgan fingerprint density at radius 2 is 2.12 bits per heavy atom. The molecule has 0 saturated carbocycles. The molecule has 1 rings (SSSR count). The molecular weight excluding hydrogens is 230 g/mol.